The number of tetrazole rings is 1. The molecule has 5 nitrogen and oxygen atoms in total. The van der Waals surface area contributed by atoms with Gasteiger partial charge < -0.3 is 5.32 Å². The summed E-state index contributed by atoms with van der Waals surface area (Å²) in [5, 5.41) is 16.0. The first-order chi connectivity index (χ1) is 9.20. The highest BCUT2D eigenvalue weighted by molar-refractivity contribution is 6.35. The molecule has 1 aromatic heterocycles. The van der Waals surface area contributed by atoms with Crippen molar-refractivity contribution in [3.05, 3.63) is 33.8 Å². The number of benzene rings is 1. The Balaban J connectivity index is 2.00. The van der Waals surface area contributed by atoms with Gasteiger partial charge in [0.15, 0.2) is 0 Å². The van der Waals surface area contributed by atoms with Crippen LogP contribution >= 0.6 is 23.2 Å². The minimum Gasteiger partial charge on any atom is -0.349 e. The van der Waals surface area contributed by atoms with Crippen molar-refractivity contribution in [3.63, 3.8) is 0 Å². The highest BCUT2D eigenvalue weighted by Crippen LogP contribution is 2.21. The molecule has 2 rings (SSSR count). The summed E-state index contributed by atoms with van der Waals surface area (Å²) < 4.78 is 1.76. The number of rotatable bonds is 6. The second-order valence-corrected chi connectivity index (χ2v) is 5.01. The van der Waals surface area contributed by atoms with Crippen molar-refractivity contribution in [1.29, 1.82) is 0 Å². The van der Waals surface area contributed by atoms with Crippen LogP contribution in [0.3, 0.4) is 0 Å². The quantitative estimate of drug-likeness (QED) is 0.888. The van der Waals surface area contributed by atoms with Gasteiger partial charge in [-0.2, -0.15) is 0 Å². The molecule has 19 heavy (non-hydrogen) atoms. The lowest BCUT2D eigenvalue weighted by molar-refractivity contribution is 0.556. The predicted octanol–water partition coefficient (Wildman–Crippen LogP) is 3.39. The van der Waals surface area contributed by atoms with Gasteiger partial charge in [-0.15, -0.1) is 0 Å². The summed E-state index contributed by atoms with van der Waals surface area (Å²) in [5.74, 6) is 0.652. The third-order valence-corrected chi connectivity index (χ3v) is 3.29. The van der Waals surface area contributed by atoms with Gasteiger partial charge in [-0.05, 0) is 34.5 Å². The molecule has 1 heterocycles. The van der Waals surface area contributed by atoms with Crippen LogP contribution < -0.4 is 5.32 Å². The lowest BCUT2D eigenvalue weighted by atomic mass is 10.2. The van der Waals surface area contributed by atoms with Crippen LogP contribution in [-0.2, 0) is 13.1 Å². The van der Waals surface area contributed by atoms with E-state index in [1.807, 2.05) is 12.1 Å². The molecule has 0 atom stereocenters. The van der Waals surface area contributed by atoms with E-state index in [1.165, 1.54) is 0 Å². The minimum atomic E-state index is 0.558. The van der Waals surface area contributed by atoms with Crippen LogP contribution in [0.15, 0.2) is 18.2 Å². The Bertz CT molecular complexity index is 541. The summed E-state index contributed by atoms with van der Waals surface area (Å²) in [6, 6.07) is 5.42. The molecule has 0 saturated carbocycles. The van der Waals surface area contributed by atoms with Crippen LogP contribution in [0, 0.1) is 0 Å². The highest BCUT2D eigenvalue weighted by atomic mass is 35.5. The number of aryl methyl sites for hydroxylation is 1. The van der Waals surface area contributed by atoms with Gasteiger partial charge >= 0.3 is 0 Å². The number of anilines is 1. The lowest BCUT2D eigenvalue weighted by Gasteiger charge is -2.08. The van der Waals surface area contributed by atoms with E-state index >= 15 is 0 Å². The molecule has 0 bridgehead atoms. The molecule has 0 aliphatic heterocycles. The van der Waals surface area contributed by atoms with E-state index < -0.39 is 0 Å². The van der Waals surface area contributed by atoms with Gasteiger partial charge in [0, 0.05) is 23.1 Å². The molecule has 0 amide bonds. The van der Waals surface area contributed by atoms with Gasteiger partial charge in [0.25, 0.3) is 0 Å². The Hall–Kier alpha value is -1.33. The molecule has 0 aliphatic rings. The van der Waals surface area contributed by atoms with E-state index in [4.69, 9.17) is 23.2 Å². The molecule has 0 radical (unpaired) electrons. The lowest BCUT2D eigenvalue weighted by Crippen LogP contribution is -2.09. The summed E-state index contributed by atoms with van der Waals surface area (Å²) in [6.07, 6.45) is 2.14. The van der Waals surface area contributed by atoms with Crippen LogP contribution in [0.25, 0.3) is 0 Å². The van der Waals surface area contributed by atoms with Crippen molar-refractivity contribution in [2.24, 2.45) is 0 Å². The summed E-state index contributed by atoms with van der Waals surface area (Å²) in [4.78, 5) is 0. The zero-order valence-electron chi connectivity index (χ0n) is 10.6. The van der Waals surface area contributed by atoms with Gasteiger partial charge in [0.05, 0.1) is 0 Å². The van der Waals surface area contributed by atoms with Gasteiger partial charge in [-0.3, -0.25) is 0 Å². The number of nitrogens with zero attached hydrogens (tertiary/aromatic N) is 4. The first kappa shape index (κ1) is 14.1. The third-order valence-electron chi connectivity index (χ3n) is 2.71. The maximum absolute atomic E-state index is 6.11. The van der Waals surface area contributed by atoms with E-state index in [0.717, 1.165) is 24.9 Å². The van der Waals surface area contributed by atoms with Crippen LogP contribution in [0.2, 0.25) is 10.0 Å². The van der Waals surface area contributed by atoms with Crippen molar-refractivity contribution < 1.29 is 0 Å². The molecular formula is C12H15Cl2N5. The number of hydrogen-bond donors (Lipinski definition) is 1. The van der Waals surface area contributed by atoms with E-state index in [9.17, 15) is 0 Å². The SMILES string of the molecule is CCCCn1nnnc1NCc1ccc(Cl)cc1Cl. The molecule has 2 aromatic rings. The fraction of sp³-hybridized carbons (Fsp3) is 0.417. The molecule has 0 aliphatic carbocycles. The van der Waals surface area contributed by atoms with Gasteiger partial charge in [0.1, 0.15) is 0 Å². The first-order valence-corrected chi connectivity index (χ1v) is 6.90. The molecule has 0 fully saturated rings. The topological polar surface area (TPSA) is 55.6 Å². The van der Waals surface area contributed by atoms with E-state index in [-0.39, 0.29) is 0 Å². The molecule has 0 spiro atoms. The monoisotopic (exact) mass is 299 g/mol. The average molecular weight is 300 g/mol. The minimum absolute atomic E-state index is 0.558. The van der Waals surface area contributed by atoms with Crippen molar-refractivity contribution >= 4 is 29.2 Å². The van der Waals surface area contributed by atoms with Crippen LogP contribution in [0.1, 0.15) is 25.3 Å². The maximum atomic E-state index is 6.11. The number of unbranched alkanes of at least 4 members (excludes halogenated alkanes) is 1. The molecule has 102 valence electrons. The standard InChI is InChI=1S/C12H15Cl2N5/c1-2-3-6-19-12(16-17-18-19)15-8-9-4-5-10(13)7-11(9)14/h4-5,7H,2-3,6,8H2,1H3,(H,15,16,18). The fourth-order valence-corrected chi connectivity index (χ4v) is 2.10. The van der Waals surface area contributed by atoms with E-state index in [1.54, 1.807) is 10.7 Å². The number of nitrogens with one attached hydrogen (secondary N) is 1. The second-order valence-electron chi connectivity index (χ2n) is 4.17. The Labute approximate surface area is 121 Å². The van der Waals surface area contributed by atoms with Gasteiger partial charge in [0.2, 0.25) is 5.95 Å². The number of aromatic nitrogens is 4. The predicted molar refractivity (Wildman–Crippen MR) is 76.5 cm³/mol. The zero-order valence-corrected chi connectivity index (χ0v) is 12.1. The molecule has 1 aromatic carbocycles. The smallest absolute Gasteiger partial charge is 0.243 e. The van der Waals surface area contributed by atoms with E-state index in [2.05, 4.69) is 27.8 Å². The van der Waals surface area contributed by atoms with E-state index in [0.29, 0.717) is 22.5 Å². The zero-order chi connectivity index (χ0) is 13.7. The molecule has 1 N–H and O–H groups in total. The van der Waals surface area contributed by atoms with Crippen LogP contribution in [-0.4, -0.2) is 20.2 Å². The average Bonchev–Trinajstić information content (AvgIpc) is 2.83. The maximum Gasteiger partial charge on any atom is 0.243 e. The number of hydrogen-bond acceptors (Lipinski definition) is 4. The Morgan fingerprint density at radius 2 is 2.16 bits per heavy atom. The third kappa shape index (κ3) is 3.81. The molecule has 0 unspecified atom stereocenters. The number of halogens is 2. The van der Waals surface area contributed by atoms with Crippen molar-refractivity contribution in [1.82, 2.24) is 20.2 Å². The van der Waals surface area contributed by atoms with Crippen molar-refractivity contribution in [3.8, 4) is 0 Å². The van der Waals surface area contributed by atoms with Crippen molar-refractivity contribution in [2.75, 3.05) is 5.32 Å². The first-order valence-electron chi connectivity index (χ1n) is 6.14. The summed E-state index contributed by atoms with van der Waals surface area (Å²) in [5.41, 5.74) is 0.955. The largest absolute Gasteiger partial charge is 0.349 e. The Kier molecular flexibility index (Phi) is 4.99. The van der Waals surface area contributed by atoms with Crippen LogP contribution in [0.5, 0.6) is 0 Å². The molecule has 0 saturated heterocycles. The highest BCUT2D eigenvalue weighted by Gasteiger charge is 2.06. The Morgan fingerprint density at radius 1 is 1.32 bits per heavy atom. The van der Waals surface area contributed by atoms with Gasteiger partial charge in [-0.25, -0.2) is 4.68 Å². The molecular weight excluding hydrogens is 285 g/mol. The second kappa shape index (κ2) is 6.73. The summed E-state index contributed by atoms with van der Waals surface area (Å²) >= 11 is 12.0. The molecule has 7 heteroatoms. The fourth-order valence-electron chi connectivity index (χ4n) is 1.63. The van der Waals surface area contributed by atoms with Crippen LogP contribution in [0.4, 0.5) is 5.95 Å². The van der Waals surface area contributed by atoms with Crippen molar-refractivity contribution in [2.45, 2.75) is 32.9 Å². The normalized spacial score (nSPS) is 10.7. The summed E-state index contributed by atoms with van der Waals surface area (Å²) in [7, 11) is 0. The summed E-state index contributed by atoms with van der Waals surface area (Å²) in [6.45, 7) is 3.49. The van der Waals surface area contributed by atoms with Gasteiger partial charge in [-0.1, -0.05) is 47.7 Å². The Morgan fingerprint density at radius 3 is 2.89 bits per heavy atom.